The molecule has 0 aromatic heterocycles. The zero-order valence-electron chi connectivity index (χ0n) is 18.5. The van der Waals surface area contributed by atoms with Crippen molar-refractivity contribution in [1.29, 1.82) is 0 Å². The lowest BCUT2D eigenvalue weighted by Crippen LogP contribution is -2.51. The number of carbonyl (C=O) groups excluding carboxylic acids is 2. The van der Waals surface area contributed by atoms with Crippen LogP contribution >= 0.6 is 15.9 Å². The van der Waals surface area contributed by atoms with Crippen LogP contribution in [0.25, 0.3) is 0 Å². The van der Waals surface area contributed by atoms with Crippen LogP contribution in [0.5, 0.6) is 0 Å². The van der Waals surface area contributed by atoms with E-state index in [2.05, 4.69) is 57.3 Å². The van der Waals surface area contributed by atoms with Crippen molar-refractivity contribution < 1.29 is 9.59 Å². The average Bonchev–Trinajstić information content (AvgIpc) is 2.70. The van der Waals surface area contributed by atoms with Gasteiger partial charge in [0.15, 0.2) is 0 Å². The average molecular weight is 487 g/mol. The molecule has 1 aliphatic rings. The Balaban J connectivity index is 1.41. The zero-order valence-corrected chi connectivity index (χ0v) is 20.1. The van der Waals surface area contributed by atoms with Gasteiger partial charge in [0, 0.05) is 37.2 Å². The van der Waals surface area contributed by atoms with Crippen LogP contribution in [0.4, 0.5) is 5.69 Å². The molecule has 0 radical (unpaired) electrons. The molecule has 3 rings (SSSR count). The molecule has 1 saturated heterocycles. The second kappa shape index (κ2) is 10.9. The summed E-state index contributed by atoms with van der Waals surface area (Å²) in [5, 5.41) is 2.89. The van der Waals surface area contributed by atoms with Crippen molar-refractivity contribution >= 4 is 33.4 Å². The number of aryl methyl sites for hydroxylation is 2. The number of halogens is 1. The monoisotopic (exact) mass is 486 g/mol. The molecule has 0 unspecified atom stereocenters. The normalized spacial score (nSPS) is 14.7. The third-order valence-electron chi connectivity index (χ3n) is 5.43. The summed E-state index contributed by atoms with van der Waals surface area (Å²) in [6, 6.07) is 14.4. The Labute approximate surface area is 193 Å². The minimum atomic E-state index is -0.136. The third kappa shape index (κ3) is 7.16. The van der Waals surface area contributed by atoms with Crippen molar-refractivity contribution in [3.63, 3.8) is 0 Å². The Kier molecular flexibility index (Phi) is 8.23. The van der Waals surface area contributed by atoms with E-state index in [0.717, 1.165) is 48.4 Å². The van der Waals surface area contributed by atoms with E-state index in [1.54, 1.807) is 11.9 Å². The highest BCUT2D eigenvalue weighted by Gasteiger charge is 2.22. The number of likely N-dealkylation sites (N-methyl/N-ethyl adjacent to an activating group) is 1. The van der Waals surface area contributed by atoms with Crippen molar-refractivity contribution in [2.45, 2.75) is 20.4 Å². The summed E-state index contributed by atoms with van der Waals surface area (Å²) < 4.78 is 0.850. The minimum Gasteiger partial charge on any atom is -0.339 e. The Morgan fingerprint density at radius 3 is 2.39 bits per heavy atom. The predicted octanol–water partition coefficient (Wildman–Crippen LogP) is 3.28. The molecule has 0 bridgehead atoms. The first kappa shape index (κ1) is 23.4. The van der Waals surface area contributed by atoms with E-state index >= 15 is 0 Å². The molecular weight excluding hydrogens is 456 g/mol. The van der Waals surface area contributed by atoms with Crippen LogP contribution in [-0.4, -0.2) is 72.8 Å². The van der Waals surface area contributed by atoms with Gasteiger partial charge in [-0.1, -0.05) is 35.9 Å². The number of piperazine rings is 1. The molecular formula is C24H31BrN4O2. The van der Waals surface area contributed by atoms with Crippen LogP contribution in [0.3, 0.4) is 0 Å². The largest absolute Gasteiger partial charge is 0.339 e. The molecule has 0 spiro atoms. The first-order chi connectivity index (χ1) is 14.8. The molecule has 2 aromatic carbocycles. The van der Waals surface area contributed by atoms with Gasteiger partial charge in [-0.15, -0.1) is 0 Å². The molecule has 2 aromatic rings. The van der Waals surface area contributed by atoms with E-state index < -0.39 is 0 Å². The summed E-state index contributed by atoms with van der Waals surface area (Å²) in [7, 11) is 1.80. The van der Waals surface area contributed by atoms with Crippen molar-refractivity contribution in [2.24, 2.45) is 0 Å². The van der Waals surface area contributed by atoms with E-state index in [1.165, 1.54) is 11.1 Å². The molecule has 7 heteroatoms. The van der Waals surface area contributed by atoms with Crippen LogP contribution in [0.1, 0.15) is 16.7 Å². The molecule has 166 valence electrons. The fourth-order valence-electron chi connectivity index (χ4n) is 3.77. The number of nitrogens with one attached hydrogen (secondary N) is 1. The Hall–Kier alpha value is -2.22. The van der Waals surface area contributed by atoms with Crippen LogP contribution in [0.2, 0.25) is 0 Å². The fourth-order valence-corrected chi connectivity index (χ4v) is 4.36. The number of rotatable bonds is 7. The van der Waals surface area contributed by atoms with Gasteiger partial charge in [-0.2, -0.15) is 0 Å². The second-order valence-corrected chi connectivity index (χ2v) is 9.20. The number of hydrogen-bond donors (Lipinski definition) is 1. The van der Waals surface area contributed by atoms with Crippen LogP contribution in [0, 0.1) is 13.8 Å². The Morgan fingerprint density at radius 2 is 1.71 bits per heavy atom. The quantitative estimate of drug-likeness (QED) is 0.652. The van der Waals surface area contributed by atoms with Crippen LogP contribution < -0.4 is 5.32 Å². The maximum Gasteiger partial charge on any atom is 0.238 e. The maximum atomic E-state index is 12.7. The van der Waals surface area contributed by atoms with Gasteiger partial charge in [0.05, 0.1) is 18.8 Å². The standard InChI is InChI=1S/C24H31BrN4O2/c1-18-5-4-6-20(13-18)15-28-9-11-29(12-10-28)24(31)17-27(3)16-23(30)26-22-8-7-19(2)14-21(22)25/h4-8,13-14H,9-12,15-17H2,1-3H3,(H,26,30). The predicted molar refractivity (Wildman–Crippen MR) is 128 cm³/mol. The van der Waals surface area contributed by atoms with E-state index in [9.17, 15) is 9.59 Å². The molecule has 1 fully saturated rings. The number of carbonyl (C=O) groups is 2. The molecule has 1 aliphatic heterocycles. The summed E-state index contributed by atoms with van der Waals surface area (Å²) in [6.45, 7) is 8.60. The van der Waals surface area contributed by atoms with Gasteiger partial charge in [-0.3, -0.25) is 19.4 Å². The van der Waals surface area contributed by atoms with Crippen molar-refractivity contribution in [3.05, 3.63) is 63.6 Å². The van der Waals surface area contributed by atoms with Gasteiger partial charge < -0.3 is 10.2 Å². The van der Waals surface area contributed by atoms with Crippen LogP contribution in [-0.2, 0) is 16.1 Å². The summed E-state index contributed by atoms with van der Waals surface area (Å²) in [4.78, 5) is 31.1. The van der Waals surface area contributed by atoms with Crippen molar-refractivity contribution in [1.82, 2.24) is 14.7 Å². The summed E-state index contributed by atoms with van der Waals surface area (Å²) in [5.41, 5.74) is 4.44. The lowest BCUT2D eigenvalue weighted by Gasteiger charge is -2.35. The summed E-state index contributed by atoms with van der Waals surface area (Å²) >= 11 is 3.47. The van der Waals surface area contributed by atoms with E-state index in [1.807, 2.05) is 30.0 Å². The molecule has 2 amide bonds. The topological polar surface area (TPSA) is 55.9 Å². The number of nitrogens with zero attached hydrogens (tertiary/aromatic N) is 3. The number of benzene rings is 2. The summed E-state index contributed by atoms with van der Waals surface area (Å²) in [6.07, 6.45) is 0. The highest BCUT2D eigenvalue weighted by atomic mass is 79.9. The number of amides is 2. The highest BCUT2D eigenvalue weighted by molar-refractivity contribution is 9.10. The van der Waals surface area contributed by atoms with Gasteiger partial charge in [-0.25, -0.2) is 0 Å². The van der Waals surface area contributed by atoms with Gasteiger partial charge >= 0.3 is 0 Å². The number of anilines is 1. The van der Waals surface area contributed by atoms with Crippen molar-refractivity contribution in [2.75, 3.05) is 51.6 Å². The Bertz CT molecular complexity index is 926. The second-order valence-electron chi connectivity index (χ2n) is 8.35. The summed E-state index contributed by atoms with van der Waals surface area (Å²) in [5.74, 6) is -0.0650. The first-order valence-electron chi connectivity index (χ1n) is 10.6. The van der Waals surface area contributed by atoms with Gasteiger partial charge in [0.2, 0.25) is 11.8 Å². The van der Waals surface area contributed by atoms with Crippen LogP contribution in [0.15, 0.2) is 46.9 Å². The molecule has 0 atom stereocenters. The minimum absolute atomic E-state index is 0.0713. The smallest absolute Gasteiger partial charge is 0.238 e. The molecule has 1 N–H and O–H groups in total. The molecule has 0 aliphatic carbocycles. The van der Waals surface area contributed by atoms with Gasteiger partial charge in [0.25, 0.3) is 0 Å². The van der Waals surface area contributed by atoms with E-state index in [0.29, 0.717) is 0 Å². The Morgan fingerprint density at radius 1 is 1.00 bits per heavy atom. The molecule has 0 saturated carbocycles. The molecule has 6 nitrogen and oxygen atoms in total. The van der Waals surface area contributed by atoms with E-state index in [4.69, 9.17) is 0 Å². The third-order valence-corrected chi connectivity index (χ3v) is 6.09. The van der Waals surface area contributed by atoms with Crippen molar-refractivity contribution in [3.8, 4) is 0 Å². The molecule has 31 heavy (non-hydrogen) atoms. The maximum absolute atomic E-state index is 12.7. The number of hydrogen-bond acceptors (Lipinski definition) is 4. The molecule has 1 heterocycles. The SMILES string of the molecule is Cc1cccc(CN2CCN(C(=O)CN(C)CC(=O)Nc3ccc(C)cc3Br)CC2)c1. The first-order valence-corrected chi connectivity index (χ1v) is 11.4. The lowest BCUT2D eigenvalue weighted by atomic mass is 10.1. The fraction of sp³-hybridized carbons (Fsp3) is 0.417. The zero-order chi connectivity index (χ0) is 22.4. The van der Waals surface area contributed by atoms with Gasteiger partial charge in [0.1, 0.15) is 0 Å². The van der Waals surface area contributed by atoms with Gasteiger partial charge in [-0.05, 0) is 60.1 Å². The highest BCUT2D eigenvalue weighted by Crippen LogP contribution is 2.23. The van der Waals surface area contributed by atoms with E-state index in [-0.39, 0.29) is 24.9 Å². The lowest BCUT2D eigenvalue weighted by molar-refractivity contribution is -0.134.